The van der Waals surface area contributed by atoms with Crippen LogP contribution in [0.4, 0.5) is 5.69 Å². The lowest BCUT2D eigenvalue weighted by atomic mass is 10.1. The number of sulfonamides is 1. The molecule has 1 saturated heterocycles. The highest BCUT2D eigenvalue weighted by Gasteiger charge is 2.32. The molecule has 1 aliphatic rings. The maximum atomic E-state index is 12.1. The minimum atomic E-state index is -3.56. The lowest BCUT2D eigenvalue weighted by Gasteiger charge is -2.17. The van der Waals surface area contributed by atoms with E-state index in [1.807, 2.05) is 35.0 Å². The molecule has 0 saturated carbocycles. The van der Waals surface area contributed by atoms with Crippen LogP contribution >= 0.6 is 0 Å². The number of amides is 1. The van der Waals surface area contributed by atoms with Crippen LogP contribution in [0.2, 0.25) is 0 Å². The molecule has 2 aromatic rings. The van der Waals surface area contributed by atoms with Crippen LogP contribution < -0.4 is 10.0 Å². The van der Waals surface area contributed by atoms with Crippen LogP contribution in [-0.2, 0) is 14.8 Å². The number of nitrogens with zero attached hydrogens (tertiary/aromatic N) is 3. The van der Waals surface area contributed by atoms with Crippen molar-refractivity contribution in [2.24, 2.45) is 11.1 Å². The molecule has 1 aromatic heterocycles. The van der Waals surface area contributed by atoms with Crippen molar-refractivity contribution < 1.29 is 13.2 Å². The number of anilines is 1. The molecule has 1 aromatic carbocycles. The van der Waals surface area contributed by atoms with Gasteiger partial charge in [-0.25, -0.2) is 18.5 Å². The molecule has 2 heterocycles. The smallest absolute Gasteiger partial charge is 0.227 e. The Morgan fingerprint density at radius 3 is 2.50 bits per heavy atom. The molecule has 0 aliphatic carbocycles. The molecule has 1 atom stereocenters. The van der Waals surface area contributed by atoms with Crippen molar-refractivity contribution in [2.75, 3.05) is 17.2 Å². The van der Waals surface area contributed by atoms with Gasteiger partial charge in [0.25, 0.3) is 0 Å². The fourth-order valence-corrected chi connectivity index (χ4v) is 3.57. The topological polar surface area (TPSA) is 98.3 Å². The zero-order valence-corrected chi connectivity index (χ0v) is 12.6. The van der Waals surface area contributed by atoms with E-state index in [1.165, 1.54) is 0 Å². The van der Waals surface area contributed by atoms with Crippen LogP contribution in [0.5, 0.6) is 0 Å². The van der Waals surface area contributed by atoms with Gasteiger partial charge >= 0.3 is 0 Å². The first-order chi connectivity index (χ1) is 10.4. The van der Waals surface area contributed by atoms with Crippen LogP contribution in [0.3, 0.4) is 0 Å². The standard InChI is InChI=1S/C14H16N4O3S/c15-22(20,21)9-11-7-14(19)18(8-11)13-3-1-12(2-4-13)17-6-5-16-10-17/h1-6,10-11H,7-9H2,(H2,15,20,21). The summed E-state index contributed by atoms with van der Waals surface area (Å²) in [6, 6.07) is 7.45. The van der Waals surface area contributed by atoms with E-state index in [-0.39, 0.29) is 24.0 Å². The second kappa shape index (κ2) is 5.54. The van der Waals surface area contributed by atoms with E-state index in [1.54, 1.807) is 17.4 Å². The Balaban J connectivity index is 1.76. The number of carbonyl (C=O) groups is 1. The number of aromatic nitrogens is 2. The minimum absolute atomic E-state index is 0.0796. The van der Waals surface area contributed by atoms with Gasteiger partial charge in [0, 0.05) is 42.7 Å². The van der Waals surface area contributed by atoms with Crippen LogP contribution in [0.25, 0.3) is 5.69 Å². The number of carbonyl (C=O) groups excluding carboxylic acids is 1. The second-order valence-corrected chi connectivity index (χ2v) is 7.05. The zero-order valence-electron chi connectivity index (χ0n) is 11.8. The first-order valence-electron chi connectivity index (χ1n) is 6.81. The molecule has 3 rings (SSSR count). The van der Waals surface area contributed by atoms with E-state index >= 15 is 0 Å². The summed E-state index contributed by atoms with van der Waals surface area (Å²) in [4.78, 5) is 17.6. The van der Waals surface area contributed by atoms with Crippen molar-refractivity contribution in [3.05, 3.63) is 43.0 Å². The molecule has 7 nitrogen and oxygen atoms in total. The Morgan fingerprint density at radius 2 is 1.91 bits per heavy atom. The minimum Gasteiger partial charge on any atom is -0.312 e. The van der Waals surface area contributed by atoms with Crippen molar-refractivity contribution in [2.45, 2.75) is 6.42 Å². The third-order valence-corrected chi connectivity index (χ3v) is 4.57. The van der Waals surface area contributed by atoms with Crippen molar-refractivity contribution in [1.29, 1.82) is 0 Å². The maximum Gasteiger partial charge on any atom is 0.227 e. The van der Waals surface area contributed by atoms with E-state index in [0.29, 0.717) is 6.54 Å². The summed E-state index contributed by atoms with van der Waals surface area (Å²) in [6.07, 6.45) is 5.42. The summed E-state index contributed by atoms with van der Waals surface area (Å²) in [5, 5.41) is 5.05. The number of rotatable bonds is 4. The average Bonchev–Trinajstić information content (AvgIpc) is 3.07. The van der Waals surface area contributed by atoms with E-state index in [4.69, 9.17) is 5.14 Å². The summed E-state index contributed by atoms with van der Waals surface area (Å²) in [5.74, 6) is -0.498. The van der Waals surface area contributed by atoms with Crippen LogP contribution in [0.1, 0.15) is 6.42 Å². The molecule has 1 aliphatic heterocycles. The highest BCUT2D eigenvalue weighted by atomic mass is 32.2. The third kappa shape index (κ3) is 3.18. The van der Waals surface area contributed by atoms with Gasteiger partial charge in [-0.1, -0.05) is 0 Å². The molecule has 22 heavy (non-hydrogen) atoms. The molecule has 1 fully saturated rings. The largest absolute Gasteiger partial charge is 0.312 e. The van der Waals surface area contributed by atoms with Gasteiger partial charge in [0.1, 0.15) is 0 Å². The van der Waals surface area contributed by atoms with Crippen molar-refractivity contribution >= 4 is 21.6 Å². The zero-order chi connectivity index (χ0) is 15.7. The number of nitrogens with two attached hydrogens (primary N) is 1. The molecule has 0 spiro atoms. The molecule has 116 valence electrons. The van der Waals surface area contributed by atoms with Gasteiger partial charge in [0.2, 0.25) is 15.9 Å². The van der Waals surface area contributed by atoms with Gasteiger partial charge in [-0.3, -0.25) is 4.79 Å². The van der Waals surface area contributed by atoms with Crippen molar-refractivity contribution in [3.8, 4) is 5.69 Å². The Bertz CT molecular complexity index is 769. The van der Waals surface area contributed by atoms with E-state index in [2.05, 4.69) is 4.98 Å². The number of hydrogen-bond donors (Lipinski definition) is 1. The van der Waals surface area contributed by atoms with Gasteiger partial charge in [-0.2, -0.15) is 0 Å². The summed E-state index contributed by atoms with van der Waals surface area (Å²) < 4.78 is 24.2. The molecule has 0 radical (unpaired) electrons. The first kappa shape index (κ1) is 14.7. The molecular weight excluding hydrogens is 304 g/mol. The van der Waals surface area contributed by atoms with Gasteiger partial charge in [0.05, 0.1) is 12.1 Å². The van der Waals surface area contributed by atoms with Crippen molar-refractivity contribution in [1.82, 2.24) is 9.55 Å². The Kier molecular flexibility index (Phi) is 3.71. The molecular formula is C14H16N4O3S. The molecule has 8 heteroatoms. The Hall–Kier alpha value is -2.19. The SMILES string of the molecule is NS(=O)(=O)CC1CC(=O)N(c2ccc(-n3ccnc3)cc2)C1. The lowest BCUT2D eigenvalue weighted by Crippen LogP contribution is -2.27. The van der Waals surface area contributed by atoms with Crippen molar-refractivity contribution in [3.63, 3.8) is 0 Å². The quantitative estimate of drug-likeness (QED) is 0.887. The van der Waals surface area contributed by atoms with E-state index < -0.39 is 10.0 Å². The van der Waals surface area contributed by atoms with Gasteiger partial charge < -0.3 is 9.47 Å². The summed E-state index contributed by atoms with van der Waals surface area (Å²) in [5.41, 5.74) is 1.69. The normalized spacial score (nSPS) is 18.9. The highest BCUT2D eigenvalue weighted by molar-refractivity contribution is 7.89. The molecule has 1 amide bonds. The van der Waals surface area contributed by atoms with Crippen LogP contribution in [0, 0.1) is 5.92 Å². The average molecular weight is 320 g/mol. The molecule has 2 N–H and O–H groups in total. The molecule has 1 unspecified atom stereocenters. The van der Waals surface area contributed by atoms with Crippen LogP contribution in [0.15, 0.2) is 43.0 Å². The number of hydrogen-bond acceptors (Lipinski definition) is 4. The summed E-state index contributed by atoms with van der Waals surface area (Å²) in [6.45, 7) is 0.375. The Labute approximate surface area is 128 Å². The highest BCUT2D eigenvalue weighted by Crippen LogP contribution is 2.26. The molecule has 0 bridgehead atoms. The number of benzene rings is 1. The fourth-order valence-electron chi connectivity index (χ4n) is 2.69. The summed E-state index contributed by atoms with van der Waals surface area (Å²) >= 11 is 0. The fraction of sp³-hybridized carbons (Fsp3) is 0.286. The maximum absolute atomic E-state index is 12.1. The monoisotopic (exact) mass is 320 g/mol. The summed E-state index contributed by atoms with van der Waals surface area (Å²) in [7, 11) is -3.56. The van der Waals surface area contributed by atoms with Gasteiger partial charge in [0.15, 0.2) is 0 Å². The van der Waals surface area contributed by atoms with E-state index in [0.717, 1.165) is 11.4 Å². The number of primary sulfonamides is 1. The third-order valence-electron chi connectivity index (χ3n) is 3.64. The van der Waals surface area contributed by atoms with Gasteiger partial charge in [-0.15, -0.1) is 0 Å². The van der Waals surface area contributed by atoms with E-state index in [9.17, 15) is 13.2 Å². The predicted molar refractivity (Wildman–Crippen MR) is 82.0 cm³/mol. The lowest BCUT2D eigenvalue weighted by molar-refractivity contribution is -0.117. The van der Waals surface area contributed by atoms with Crippen LogP contribution in [-0.4, -0.2) is 36.2 Å². The van der Waals surface area contributed by atoms with Gasteiger partial charge in [-0.05, 0) is 24.3 Å². The number of imidazole rings is 1. The Morgan fingerprint density at radius 1 is 1.23 bits per heavy atom. The first-order valence-corrected chi connectivity index (χ1v) is 8.53. The second-order valence-electron chi connectivity index (χ2n) is 5.39. The predicted octanol–water partition coefficient (Wildman–Crippen LogP) is 0.514.